The normalized spacial score (nSPS) is 30.7. The van der Waals surface area contributed by atoms with Gasteiger partial charge in [-0.3, -0.25) is 4.90 Å². The maximum Gasteiger partial charge on any atom is 0.127 e. The van der Waals surface area contributed by atoms with Crippen LogP contribution in [0.3, 0.4) is 0 Å². The SMILES string of the molecule is Cc1cc(Cl)cc2c1OCC(O)C2N1CCCCC1C. The Bertz CT molecular complexity index is 505. The number of likely N-dealkylation sites (tertiary alicyclic amines) is 1. The lowest BCUT2D eigenvalue weighted by molar-refractivity contribution is -0.0249. The molecule has 0 bridgehead atoms. The number of aryl methyl sites for hydroxylation is 1. The standard InChI is InChI=1S/C16H22ClNO2/c1-10-7-12(17)8-13-15(14(19)9-20-16(10)13)18-6-4-3-5-11(18)2/h7-8,11,14-15,19H,3-6,9H2,1-2H3. The van der Waals surface area contributed by atoms with Crippen LogP contribution in [-0.2, 0) is 0 Å². The zero-order valence-corrected chi connectivity index (χ0v) is 12.9. The van der Waals surface area contributed by atoms with Crippen LogP contribution in [0, 0.1) is 6.92 Å². The Morgan fingerprint density at radius 3 is 2.90 bits per heavy atom. The van der Waals surface area contributed by atoms with Crippen molar-refractivity contribution in [1.29, 1.82) is 0 Å². The fraction of sp³-hybridized carbons (Fsp3) is 0.625. The lowest BCUT2D eigenvalue weighted by Crippen LogP contribution is -2.48. The van der Waals surface area contributed by atoms with Crippen LogP contribution in [0.25, 0.3) is 0 Å². The van der Waals surface area contributed by atoms with E-state index in [4.69, 9.17) is 16.3 Å². The summed E-state index contributed by atoms with van der Waals surface area (Å²) in [6.45, 7) is 5.66. The number of rotatable bonds is 1. The summed E-state index contributed by atoms with van der Waals surface area (Å²) in [7, 11) is 0. The van der Waals surface area contributed by atoms with Gasteiger partial charge in [0.25, 0.3) is 0 Å². The van der Waals surface area contributed by atoms with E-state index in [1.165, 1.54) is 19.3 Å². The molecule has 1 aromatic carbocycles. The van der Waals surface area contributed by atoms with Gasteiger partial charge >= 0.3 is 0 Å². The highest BCUT2D eigenvalue weighted by Gasteiger charge is 2.37. The zero-order valence-electron chi connectivity index (χ0n) is 12.1. The highest BCUT2D eigenvalue weighted by molar-refractivity contribution is 6.30. The summed E-state index contributed by atoms with van der Waals surface area (Å²) in [5.74, 6) is 0.905. The first-order valence-corrected chi connectivity index (χ1v) is 7.82. The Kier molecular flexibility index (Phi) is 3.93. The van der Waals surface area contributed by atoms with Crippen LogP contribution in [0.1, 0.15) is 43.4 Å². The molecule has 3 rings (SSSR count). The van der Waals surface area contributed by atoms with Gasteiger partial charge in [-0.2, -0.15) is 0 Å². The molecule has 2 aliphatic rings. The van der Waals surface area contributed by atoms with E-state index >= 15 is 0 Å². The van der Waals surface area contributed by atoms with E-state index in [-0.39, 0.29) is 6.04 Å². The van der Waals surface area contributed by atoms with Gasteiger partial charge in [0.1, 0.15) is 18.5 Å². The van der Waals surface area contributed by atoms with Crippen molar-refractivity contribution in [2.24, 2.45) is 0 Å². The van der Waals surface area contributed by atoms with Crippen LogP contribution in [-0.4, -0.2) is 35.3 Å². The van der Waals surface area contributed by atoms with Gasteiger partial charge in [-0.1, -0.05) is 18.0 Å². The molecule has 0 spiro atoms. The van der Waals surface area contributed by atoms with Crippen molar-refractivity contribution in [1.82, 2.24) is 4.90 Å². The van der Waals surface area contributed by atoms with Crippen molar-refractivity contribution >= 4 is 11.6 Å². The molecule has 0 saturated carbocycles. The quantitative estimate of drug-likeness (QED) is 0.863. The molecule has 0 radical (unpaired) electrons. The summed E-state index contributed by atoms with van der Waals surface area (Å²) in [6.07, 6.45) is 3.18. The molecule has 2 heterocycles. The second-order valence-electron chi connectivity index (χ2n) is 6.05. The van der Waals surface area contributed by atoms with E-state index in [1.54, 1.807) is 0 Å². The largest absolute Gasteiger partial charge is 0.490 e. The van der Waals surface area contributed by atoms with Crippen LogP contribution in [0.5, 0.6) is 5.75 Å². The van der Waals surface area contributed by atoms with Gasteiger partial charge in [0.2, 0.25) is 0 Å². The zero-order chi connectivity index (χ0) is 14.3. The molecule has 1 aromatic rings. The first kappa shape index (κ1) is 14.2. The number of halogens is 1. The second kappa shape index (κ2) is 5.55. The number of hydrogen-bond donors (Lipinski definition) is 1. The first-order valence-electron chi connectivity index (χ1n) is 7.44. The molecule has 0 aromatic heterocycles. The molecule has 110 valence electrons. The van der Waals surface area contributed by atoms with Crippen molar-refractivity contribution < 1.29 is 9.84 Å². The third-order valence-electron chi connectivity index (χ3n) is 4.56. The minimum atomic E-state index is -0.485. The van der Waals surface area contributed by atoms with Gasteiger partial charge in [-0.05, 0) is 50.9 Å². The van der Waals surface area contributed by atoms with Gasteiger partial charge in [0.05, 0.1) is 6.04 Å². The molecule has 1 fully saturated rings. The van der Waals surface area contributed by atoms with Crippen LogP contribution < -0.4 is 4.74 Å². The molecule has 3 unspecified atom stereocenters. The Morgan fingerprint density at radius 2 is 2.15 bits per heavy atom. The maximum absolute atomic E-state index is 10.5. The van der Waals surface area contributed by atoms with Crippen LogP contribution in [0.15, 0.2) is 12.1 Å². The molecule has 1 saturated heterocycles. The van der Waals surface area contributed by atoms with Crippen molar-refractivity contribution in [3.63, 3.8) is 0 Å². The lowest BCUT2D eigenvalue weighted by atomic mass is 9.91. The number of piperidine rings is 1. The average Bonchev–Trinajstić information content (AvgIpc) is 2.39. The van der Waals surface area contributed by atoms with Gasteiger partial charge in [0, 0.05) is 16.6 Å². The molecule has 0 amide bonds. The predicted molar refractivity (Wildman–Crippen MR) is 80.5 cm³/mol. The number of benzene rings is 1. The number of nitrogens with zero attached hydrogens (tertiary/aromatic N) is 1. The highest BCUT2D eigenvalue weighted by Crippen LogP contribution is 2.42. The van der Waals surface area contributed by atoms with Crippen molar-refractivity contribution in [2.45, 2.75) is 51.3 Å². The number of fused-ring (bicyclic) bond motifs is 1. The summed E-state index contributed by atoms with van der Waals surface area (Å²) in [5.41, 5.74) is 2.09. The molecule has 1 N–H and O–H groups in total. The maximum atomic E-state index is 10.5. The lowest BCUT2D eigenvalue weighted by Gasteiger charge is -2.44. The van der Waals surface area contributed by atoms with Gasteiger partial charge < -0.3 is 9.84 Å². The number of aliphatic hydroxyl groups is 1. The fourth-order valence-electron chi connectivity index (χ4n) is 3.57. The summed E-state index contributed by atoms with van der Waals surface area (Å²) < 4.78 is 5.74. The summed E-state index contributed by atoms with van der Waals surface area (Å²) in [5, 5.41) is 11.2. The van der Waals surface area contributed by atoms with Crippen molar-refractivity contribution in [2.75, 3.05) is 13.2 Å². The Balaban J connectivity index is 2.02. The van der Waals surface area contributed by atoms with Gasteiger partial charge in [0.15, 0.2) is 0 Å². The molecule has 3 nitrogen and oxygen atoms in total. The summed E-state index contributed by atoms with van der Waals surface area (Å²) in [4.78, 5) is 2.42. The van der Waals surface area contributed by atoms with Crippen LogP contribution in [0.4, 0.5) is 0 Å². The van der Waals surface area contributed by atoms with E-state index in [9.17, 15) is 5.11 Å². The molecular formula is C16H22ClNO2. The van der Waals surface area contributed by atoms with E-state index in [2.05, 4.69) is 11.8 Å². The molecule has 0 aliphatic carbocycles. The predicted octanol–water partition coefficient (Wildman–Crippen LogP) is 3.32. The first-order chi connectivity index (χ1) is 9.58. The molecule has 20 heavy (non-hydrogen) atoms. The topological polar surface area (TPSA) is 32.7 Å². The van der Waals surface area contributed by atoms with E-state index in [0.29, 0.717) is 17.7 Å². The molecular weight excluding hydrogens is 274 g/mol. The average molecular weight is 296 g/mol. The minimum absolute atomic E-state index is 0.00597. The third kappa shape index (κ3) is 2.43. The molecule has 4 heteroatoms. The monoisotopic (exact) mass is 295 g/mol. The van der Waals surface area contributed by atoms with E-state index < -0.39 is 6.10 Å². The number of hydrogen-bond acceptors (Lipinski definition) is 3. The van der Waals surface area contributed by atoms with Crippen LogP contribution >= 0.6 is 11.6 Å². The number of aliphatic hydroxyl groups excluding tert-OH is 1. The van der Waals surface area contributed by atoms with Gasteiger partial charge in [-0.15, -0.1) is 0 Å². The van der Waals surface area contributed by atoms with Crippen molar-refractivity contribution in [3.05, 3.63) is 28.3 Å². The van der Waals surface area contributed by atoms with Gasteiger partial charge in [-0.25, -0.2) is 0 Å². The number of ether oxygens (including phenoxy) is 1. The van der Waals surface area contributed by atoms with Crippen LogP contribution in [0.2, 0.25) is 5.02 Å². The smallest absolute Gasteiger partial charge is 0.127 e. The van der Waals surface area contributed by atoms with Crippen molar-refractivity contribution in [3.8, 4) is 5.75 Å². The third-order valence-corrected chi connectivity index (χ3v) is 4.78. The van der Waals surface area contributed by atoms with E-state index in [1.807, 2.05) is 19.1 Å². The minimum Gasteiger partial charge on any atom is -0.490 e. The summed E-state index contributed by atoms with van der Waals surface area (Å²) in [6, 6.07) is 4.38. The highest BCUT2D eigenvalue weighted by atomic mass is 35.5. The molecule has 3 atom stereocenters. The summed E-state index contributed by atoms with van der Waals surface area (Å²) >= 11 is 6.21. The molecule has 2 aliphatic heterocycles. The Labute approximate surface area is 125 Å². The Hall–Kier alpha value is -0.770. The Morgan fingerprint density at radius 1 is 1.35 bits per heavy atom. The second-order valence-corrected chi connectivity index (χ2v) is 6.48. The fourth-order valence-corrected chi connectivity index (χ4v) is 3.85. The van der Waals surface area contributed by atoms with E-state index in [0.717, 1.165) is 23.4 Å².